The lowest BCUT2D eigenvalue weighted by atomic mass is 10.1. The van der Waals surface area contributed by atoms with E-state index < -0.39 is 0 Å². The van der Waals surface area contributed by atoms with Crippen LogP contribution >= 0.6 is 0 Å². The Balaban J connectivity index is 1.51. The molecule has 3 aromatic rings. The van der Waals surface area contributed by atoms with Gasteiger partial charge in [-0.3, -0.25) is 9.48 Å². The van der Waals surface area contributed by atoms with Gasteiger partial charge in [0.1, 0.15) is 0 Å². The van der Waals surface area contributed by atoms with Crippen LogP contribution in [0.2, 0.25) is 0 Å². The maximum Gasteiger partial charge on any atom is 0.293 e. The fourth-order valence-corrected chi connectivity index (χ4v) is 2.51. The van der Waals surface area contributed by atoms with Crippen molar-refractivity contribution in [2.24, 2.45) is 7.05 Å². The molecule has 0 saturated carbocycles. The summed E-state index contributed by atoms with van der Waals surface area (Å²) >= 11 is 0. The number of furan rings is 1. The molecule has 8 nitrogen and oxygen atoms in total. The third kappa shape index (κ3) is 3.37. The first-order chi connectivity index (χ1) is 11.5. The normalized spacial score (nSPS) is 11.0. The van der Waals surface area contributed by atoms with Crippen LogP contribution in [0.4, 0.5) is 0 Å². The second-order valence-corrected chi connectivity index (χ2v) is 5.54. The van der Waals surface area contributed by atoms with Crippen LogP contribution in [0.25, 0.3) is 11.7 Å². The summed E-state index contributed by atoms with van der Waals surface area (Å²) in [7, 11) is 1.90. The molecule has 24 heavy (non-hydrogen) atoms. The Labute approximate surface area is 138 Å². The number of carbonyl (C=O) groups is 1. The molecule has 126 valence electrons. The van der Waals surface area contributed by atoms with Gasteiger partial charge >= 0.3 is 0 Å². The number of hydrogen-bond donors (Lipinski definition) is 1. The molecule has 3 rings (SSSR count). The highest BCUT2D eigenvalue weighted by Gasteiger charge is 2.13. The minimum absolute atomic E-state index is 0.0676. The molecule has 1 amide bonds. The molecule has 8 heteroatoms. The van der Waals surface area contributed by atoms with Gasteiger partial charge < -0.3 is 14.3 Å². The fraction of sp³-hybridized carbons (Fsp3) is 0.375. The third-order valence-corrected chi connectivity index (χ3v) is 3.90. The van der Waals surface area contributed by atoms with Gasteiger partial charge in [0.15, 0.2) is 11.6 Å². The lowest BCUT2D eigenvalue weighted by Crippen LogP contribution is -2.23. The number of amides is 1. The zero-order valence-electron chi connectivity index (χ0n) is 13.9. The summed E-state index contributed by atoms with van der Waals surface area (Å²) in [6.45, 7) is 4.17. The summed E-state index contributed by atoms with van der Waals surface area (Å²) in [6, 6.07) is 3.47. The monoisotopic (exact) mass is 329 g/mol. The first-order valence-corrected chi connectivity index (χ1v) is 7.67. The molecule has 0 spiro atoms. The van der Waals surface area contributed by atoms with Gasteiger partial charge in [-0.25, -0.2) is 0 Å². The van der Waals surface area contributed by atoms with Gasteiger partial charge in [0.25, 0.3) is 5.89 Å². The zero-order chi connectivity index (χ0) is 17.1. The molecule has 3 heterocycles. The molecule has 0 aliphatic carbocycles. The van der Waals surface area contributed by atoms with Crippen LogP contribution in [0.3, 0.4) is 0 Å². The largest absolute Gasteiger partial charge is 0.459 e. The molecule has 0 bridgehead atoms. The number of hydrogen-bond acceptors (Lipinski definition) is 6. The molecule has 0 aliphatic rings. The van der Waals surface area contributed by atoms with Crippen LogP contribution in [-0.2, 0) is 24.8 Å². The highest BCUT2D eigenvalue weighted by molar-refractivity contribution is 5.76. The van der Waals surface area contributed by atoms with E-state index >= 15 is 0 Å². The lowest BCUT2D eigenvalue weighted by molar-refractivity contribution is -0.121. The number of nitrogens with zero attached hydrogens (tertiary/aromatic N) is 4. The molecule has 3 aromatic heterocycles. The lowest BCUT2D eigenvalue weighted by Gasteiger charge is -2.03. The van der Waals surface area contributed by atoms with Gasteiger partial charge in [-0.2, -0.15) is 10.1 Å². The van der Waals surface area contributed by atoms with E-state index in [0.29, 0.717) is 30.3 Å². The first kappa shape index (κ1) is 16.0. The van der Waals surface area contributed by atoms with Crippen LogP contribution < -0.4 is 5.32 Å². The predicted molar refractivity (Wildman–Crippen MR) is 84.8 cm³/mol. The zero-order valence-corrected chi connectivity index (χ0v) is 13.9. The SMILES string of the molecule is Cc1nn(C)c(C)c1CCC(=O)NCc1noc(-c2ccco2)n1. The molecule has 0 atom stereocenters. The molecule has 0 fully saturated rings. The molecule has 0 unspecified atom stereocenters. The van der Waals surface area contributed by atoms with E-state index in [9.17, 15) is 4.79 Å². The summed E-state index contributed by atoms with van der Waals surface area (Å²) < 4.78 is 12.1. The number of aromatic nitrogens is 4. The van der Waals surface area contributed by atoms with Crippen molar-refractivity contribution in [2.75, 3.05) is 0 Å². The standard InChI is InChI=1S/C16H19N5O3/c1-10-12(11(2)21(3)19-10)6-7-15(22)17-9-14-18-16(24-20-14)13-5-4-8-23-13/h4-5,8H,6-7,9H2,1-3H3,(H,17,22). The maximum atomic E-state index is 12.0. The van der Waals surface area contributed by atoms with Gasteiger partial charge in [0.05, 0.1) is 18.5 Å². The Morgan fingerprint density at radius 3 is 2.88 bits per heavy atom. The van der Waals surface area contributed by atoms with Gasteiger partial charge in [-0.15, -0.1) is 0 Å². The quantitative estimate of drug-likeness (QED) is 0.742. The molecule has 1 N–H and O–H groups in total. The Bertz CT molecular complexity index is 832. The summed E-state index contributed by atoms with van der Waals surface area (Å²) in [5, 5.41) is 11.0. The molecule has 0 radical (unpaired) electrons. The Hall–Kier alpha value is -2.90. The topological polar surface area (TPSA) is 99.0 Å². The number of nitrogens with one attached hydrogen (secondary N) is 1. The van der Waals surface area contributed by atoms with E-state index in [1.807, 2.05) is 25.6 Å². The second kappa shape index (κ2) is 6.69. The van der Waals surface area contributed by atoms with Crippen molar-refractivity contribution in [3.8, 4) is 11.7 Å². The minimum Gasteiger partial charge on any atom is -0.459 e. The van der Waals surface area contributed by atoms with Crippen molar-refractivity contribution in [3.05, 3.63) is 41.2 Å². The Morgan fingerprint density at radius 2 is 2.21 bits per heavy atom. The highest BCUT2D eigenvalue weighted by Crippen LogP contribution is 2.17. The van der Waals surface area contributed by atoms with E-state index in [-0.39, 0.29) is 12.5 Å². The van der Waals surface area contributed by atoms with Crippen molar-refractivity contribution in [2.45, 2.75) is 33.2 Å². The molecule has 0 aromatic carbocycles. The predicted octanol–water partition coefficient (Wildman–Crippen LogP) is 1.93. The van der Waals surface area contributed by atoms with Crippen LogP contribution in [0.5, 0.6) is 0 Å². The van der Waals surface area contributed by atoms with E-state index in [4.69, 9.17) is 8.94 Å². The van der Waals surface area contributed by atoms with Gasteiger partial charge in [0, 0.05) is 19.2 Å². The van der Waals surface area contributed by atoms with Crippen molar-refractivity contribution in [1.82, 2.24) is 25.2 Å². The van der Waals surface area contributed by atoms with Crippen molar-refractivity contribution < 1.29 is 13.7 Å². The van der Waals surface area contributed by atoms with Crippen LogP contribution in [0.1, 0.15) is 29.2 Å². The molecular formula is C16H19N5O3. The van der Waals surface area contributed by atoms with Crippen LogP contribution in [0.15, 0.2) is 27.3 Å². The molecular weight excluding hydrogens is 310 g/mol. The fourth-order valence-electron chi connectivity index (χ4n) is 2.51. The number of aryl methyl sites for hydroxylation is 2. The average Bonchev–Trinajstić information content (AvgIpc) is 3.27. The first-order valence-electron chi connectivity index (χ1n) is 7.67. The summed E-state index contributed by atoms with van der Waals surface area (Å²) in [4.78, 5) is 16.2. The number of rotatable bonds is 6. The average molecular weight is 329 g/mol. The Kier molecular flexibility index (Phi) is 4.45. The van der Waals surface area contributed by atoms with Crippen molar-refractivity contribution in [3.63, 3.8) is 0 Å². The van der Waals surface area contributed by atoms with Gasteiger partial charge in [-0.1, -0.05) is 5.16 Å². The maximum absolute atomic E-state index is 12.0. The van der Waals surface area contributed by atoms with E-state index in [1.54, 1.807) is 12.1 Å². The van der Waals surface area contributed by atoms with Gasteiger partial charge in [0.2, 0.25) is 5.91 Å². The summed E-state index contributed by atoms with van der Waals surface area (Å²) in [5.74, 6) is 1.14. The smallest absolute Gasteiger partial charge is 0.293 e. The summed E-state index contributed by atoms with van der Waals surface area (Å²) in [5.41, 5.74) is 3.16. The van der Waals surface area contributed by atoms with E-state index in [0.717, 1.165) is 17.0 Å². The number of carbonyl (C=O) groups excluding carboxylic acids is 1. The minimum atomic E-state index is -0.0676. The van der Waals surface area contributed by atoms with Crippen molar-refractivity contribution >= 4 is 5.91 Å². The molecule has 0 saturated heterocycles. The highest BCUT2D eigenvalue weighted by atomic mass is 16.5. The van der Waals surface area contributed by atoms with Gasteiger partial charge in [-0.05, 0) is 38.0 Å². The Morgan fingerprint density at radius 1 is 1.38 bits per heavy atom. The van der Waals surface area contributed by atoms with Crippen molar-refractivity contribution in [1.29, 1.82) is 0 Å². The summed E-state index contributed by atoms with van der Waals surface area (Å²) in [6.07, 6.45) is 2.57. The van der Waals surface area contributed by atoms with Crippen LogP contribution in [0, 0.1) is 13.8 Å². The van der Waals surface area contributed by atoms with Crippen LogP contribution in [-0.4, -0.2) is 25.8 Å². The van der Waals surface area contributed by atoms with E-state index in [1.165, 1.54) is 6.26 Å². The molecule has 0 aliphatic heterocycles. The third-order valence-electron chi connectivity index (χ3n) is 3.90. The van der Waals surface area contributed by atoms with E-state index in [2.05, 4.69) is 20.6 Å². The second-order valence-electron chi connectivity index (χ2n) is 5.54.